The van der Waals surface area contributed by atoms with Gasteiger partial charge in [-0.25, -0.2) is 8.78 Å². The second kappa shape index (κ2) is 5.01. The van der Waals surface area contributed by atoms with Gasteiger partial charge in [0.25, 0.3) is 0 Å². The highest BCUT2D eigenvalue weighted by atomic mass is 19.1. The molecule has 0 amide bonds. The first-order valence-corrected chi connectivity index (χ1v) is 5.07. The Balaban J connectivity index is 3.34. The van der Waals surface area contributed by atoms with Crippen molar-refractivity contribution in [1.82, 2.24) is 0 Å². The van der Waals surface area contributed by atoms with Crippen LogP contribution in [0.2, 0.25) is 0 Å². The van der Waals surface area contributed by atoms with Crippen LogP contribution in [-0.4, -0.2) is 12.8 Å². The molecule has 0 aliphatic rings. The van der Waals surface area contributed by atoms with E-state index in [1.54, 1.807) is 26.8 Å². The summed E-state index contributed by atoms with van der Waals surface area (Å²) in [4.78, 5) is 3.85. The van der Waals surface area contributed by atoms with Crippen LogP contribution in [0.4, 0.5) is 8.78 Å². The summed E-state index contributed by atoms with van der Waals surface area (Å²) in [5.41, 5.74) is 2.03. The average molecular weight is 223 g/mol. The van der Waals surface area contributed by atoms with Gasteiger partial charge < -0.3 is 0 Å². The van der Waals surface area contributed by atoms with Gasteiger partial charge >= 0.3 is 0 Å². The van der Waals surface area contributed by atoms with Gasteiger partial charge in [-0.15, -0.1) is 0 Å². The Kier molecular flexibility index (Phi) is 3.93. The zero-order valence-corrected chi connectivity index (χ0v) is 9.94. The number of nitrogens with zero attached hydrogens (tertiary/aromatic N) is 1. The van der Waals surface area contributed by atoms with E-state index in [4.69, 9.17) is 0 Å². The second-order valence-corrected chi connectivity index (χ2v) is 3.61. The highest BCUT2D eigenvalue weighted by Gasteiger charge is 2.11. The average Bonchev–Trinajstić information content (AvgIpc) is 2.26. The molecule has 0 aliphatic carbocycles. The van der Waals surface area contributed by atoms with Gasteiger partial charge in [-0.05, 0) is 50.1 Å². The smallest absolute Gasteiger partial charge is 0.144 e. The van der Waals surface area contributed by atoms with Gasteiger partial charge in [-0.1, -0.05) is 0 Å². The summed E-state index contributed by atoms with van der Waals surface area (Å²) < 4.78 is 27.0. The van der Waals surface area contributed by atoms with Crippen LogP contribution < -0.4 is 0 Å². The molecule has 0 heterocycles. The van der Waals surface area contributed by atoms with Crippen LogP contribution in [0.1, 0.15) is 23.6 Å². The summed E-state index contributed by atoms with van der Waals surface area (Å²) >= 11 is 0. The standard InChI is InChI=1S/C13H15F2N/c1-5-11(14)13(16-4)10-6-8(2)9(3)12(15)7-10/h5-7H,1-4H3/b11-5+,16-13?. The van der Waals surface area contributed by atoms with E-state index in [2.05, 4.69) is 4.99 Å². The minimum absolute atomic E-state index is 0.185. The molecule has 1 nitrogen and oxygen atoms in total. The van der Waals surface area contributed by atoms with Crippen LogP contribution in [0.5, 0.6) is 0 Å². The van der Waals surface area contributed by atoms with Crippen molar-refractivity contribution < 1.29 is 8.78 Å². The predicted octanol–water partition coefficient (Wildman–Crippen LogP) is 3.73. The fourth-order valence-corrected chi connectivity index (χ4v) is 1.46. The largest absolute Gasteiger partial charge is 0.285 e. The molecule has 86 valence electrons. The number of allylic oxidation sites excluding steroid dienone is 2. The Labute approximate surface area is 94.5 Å². The number of aliphatic imine (C=N–C) groups is 1. The number of hydrogen-bond donors (Lipinski definition) is 0. The van der Waals surface area contributed by atoms with Gasteiger partial charge in [0.15, 0.2) is 0 Å². The fraction of sp³-hybridized carbons (Fsp3) is 0.308. The van der Waals surface area contributed by atoms with Crippen molar-refractivity contribution in [2.45, 2.75) is 20.8 Å². The zero-order chi connectivity index (χ0) is 12.3. The van der Waals surface area contributed by atoms with E-state index in [9.17, 15) is 8.78 Å². The minimum atomic E-state index is -0.440. The normalized spacial score (nSPS) is 13.1. The molecule has 1 rings (SSSR count). The highest BCUT2D eigenvalue weighted by molar-refractivity contribution is 6.11. The lowest BCUT2D eigenvalue weighted by Gasteiger charge is -2.08. The van der Waals surface area contributed by atoms with Gasteiger partial charge in [0.05, 0.1) is 5.71 Å². The van der Waals surface area contributed by atoms with Crippen LogP contribution in [0.3, 0.4) is 0 Å². The van der Waals surface area contributed by atoms with E-state index in [0.717, 1.165) is 5.56 Å². The highest BCUT2D eigenvalue weighted by Crippen LogP contribution is 2.18. The van der Waals surface area contributed by atoms with Crippen LogP contribution in [0, 0.1) is 19.7 Å². The SMILES string of the molecule is C/C=C(/F)C(=NC)c1cc(C)c(C)c(F)c1. The third kappa shape index (κ3) is 2.35. The Bertz CT molecular complexity index is 436. The molecule has 0 aromatic heterocycles. The first kappa shape index (κ1) is 12.6. The molecule has 0 unspecified atom stereocenters. The van der Waals surface area contributed by atoms with Crippen LogP contribution in [-0.2, 0) is 0 Å². The molecule has 1 aromatic carbocycles. The molecule has 0 radical (unpaired) electrons. The summed E-state index contributed by atoms with van der Waals surface area (Å²) in [7, 11) is 1.49. The lowest BCUT2D eigenvalue weighted by molar-refractivity contribution is 0.616. The third-order valence-electron chi connectivity index (χ3n) is 2.58. The Morgan fingerprint density at radius 1 is 1.31 bits per heavy atom. The minimum Gasteiger partial charge on any atom is -0.285 e. The summed E-state index contributed by atoms with van der Waals surface area (Å²) in [6.45, 7) is 5.07. The molecule has 0 atom stereocenters. The monoisotopic (exact) mass is 223 g/mol. The van der Waals surface area contributed by atoms with Gasteiger partial charge in [-0.2, -0.15) is 0 Å². The molecule has 0 aliphatic heterocycles. The summed E-state index contributed by atoms with van der Waals surface area (Å²) in [5, 5.41) is 0. The lowest BCUT2D eigenvalue weighted by Crippen LogP contribution is -2.04. The maximum absolute atomic E-state index is 13.5. The van der Waals surface area contributed by atoms with E-state index >= 15 is 0 Å². The maximum atomic E-state index is 13.5. The Hall–Kier alpha value is -1.51. The third-order valence-corrected chi connectivity index (χ3v) is 2.58. The number of rotatable bonds is 2. The molecule has 16 heavy (non-hydrogen) atoms. The maximum Gasteiger partial charge on any atom is 0.144 e. The second-order valence-electron chi connectivity index (χ2n) is 3.61. The van der Waals surface area contributed by atoms with E-state index < -0.39 is 5.83 Å². The molecular weight excluding hydrogens is 208 g/mol. The molecular formula is C13H15F2N. The van der Waals surface area contributed by atoms with Crippen molar-refractivity contribution in [3.05, 3.63) is 46.5 Å². The topological polar surface area (TPSA) is 12.4 Å². The van der Waals surface area contributed by atoms with Crippen molar-refractivity contribution >= 4 is 5.71 Å². The molecule has 0 bridgehead atoms. The van der Waals surface area contributed by atoms with E-state index in [-0.39, 0.29) is 11.5 Å². The first-order chi connectivity index (χ1) is 7.51. The molecule has 3 heteroatoms. The number of hydrogen-bond acceptors (Lipinski definition) is 1. The summed E-state index contributed by atoms with van der Waals surface area (Å²) in [5.74, 6) is -0.773. The van der Waals surface area contributed by atoms with Crippen molar-refractivity contribution in [3.63, 3.8) is 0 Å². The van der Waals surface area contributed by atoms with E-state index in [1.807, 2.05) is 0 Å². The lowest BCUT2D eigenvalue weighted by atomic mass is 10.0. The molecule has 1 aromatic rings. The van der Waals surface area contributed by atoms with Crippen LogP contribution in [0.25, 0.3) is 0 Å². The zero-order valence-electron chi connectivity index (χ0n) is 9.94. The number of halogens is 2. The first-order valence-electron chi connectivity index (χ1n) is 5.07. The van der Waals surface area contributed by atoms with Gasteiger partial charge in [0, 0.05) is 12.6 Å². The number of aryl methyl sites for hydroxylation is 1. The van der Waals surface area contributed by atoms with Crippen molar-refractivity contribution in [2.24, 2.45) is 4.99 Å². The fourth-order valence-electron chi connectivity index (χ4n) is 1.46. The van der Waals surface area contributed by atoms with Crippen molar-refractivity contribution in [2.75, 3.05) is 7.05 Å². The predicted molar refractivity (Wildman–Crippen MR) is 63.2 cm³/mol. The summed E-state index contributed by atoms with van der Waals surface area (Å²) in [6.07, 6.45) is 1.31. The van der Waals surface area contributed by atoms with E-state index in [0.29, 0.717) is 11.1 Å². The molecule has 0 spiro atoms. The number of benzene rings is 1. The van der Waals surface area contributed by atoms with Gasteiger partial charge in [-0.3, -0.25) is 4.99 Å². The molecule has 0 saturated carbocycles. The van der Waals surface area contributed by atoms with Crippen molar-refractivity contribution in [1.29, 1.82) is 0 Å². The van der Waals surface area contributed by atoms with E-state index in [1.165, 1.54) is 19.2 Å². The molecule has 0 fully saturated rings. The van der Waals surface area contributed by atoms with Crippen LogP contribution >= 0.6 is 0 Å². The molecule has 0 saturated heterocycles. The van der Waals surface area contributed by atoms with Gasteiger partial charge in [0.2, 0.25) is 0 Å². The molecule has 0 N–H and O–H groups in total. The summed E-state index contributed by atoms with van der Waals surface area (Å²) in [6, 6.07) is 3.05. The van der Waals surface area contributed by atoms with Crippen molar-refractivity contribution in [3.8, 4) is 0 Å². The Morgan fingerprint density at radius 3 is 2.38 bits per heavy atom. The van der Waals surface area contributed by atoms with Gasteiger partial charge in [0.1, 0.15) is 11.6 Å². The quantitative estimate of drug-likeness (QED) is 0.677. The van der Waals surface area contributed by atoms with Crippen LogP contribution in [0.15, 0.2) is 29.0 Å². The Morgan fingerprint density at radius 2 is 1.94 bits per heavy atom.